The van der Waals surface area contributed by atoms with Gasteiger partial charge >= 0.3 is 5.97 Å². The van der Waals surface area contributed by atoms with Gasteiger partial charge in [0.15, 0.2) is 0 Å². The van der Waals surface area contributed by atoms with Gasteiger partial charge in [-0.05, 0) is 35.9 Å². The molecule has 0 saturated carbocycles. The van der Waals surface area contributed by atoms with E-state index in [-0.39, 0.29) is 22.3 Å². The Kier molecular flexibility index (Phi) is 7.98. The van der Waals surface area contributed by atoms with Crippen LogP contribution in [0.25, 0.3) is 0 Å². The van der Waals surface area contributed by atoms with Crippen LogP contribution in [0.1, 0.15) is 11.5 Å². The van der Waals surface area contributed by atoms with Crippen LogP contribution in [0.2, 0.25) is 5.02 Å². The van der Waals surface area contributed by atoms with Crippen molar-refractivity contribution in [1.29, 1.82) is 5.26 Å². The van der Waals surface area contributed by atoms with Gasteiger partial charge in [0.25, 0.3) is 0 Å². The number of amides is 2. The van der Waals surface area contributed by atoms with Gasteiger partial charge in [0.05, 0.1) is 36.6 Å². The molecule has 1 heterocycles. The second kappa shape index (κ2) is 10.9. The van der Waals surface area contributed by atoms with E-state index >= 15 is 0 Å². The van der Waals surface area contributed by atoms with Gasteiger partial charge in [0.1, 0.15) is 11.7 Å². The van der Waals surface area contributed by atoms with Crippen molar-refractivity contribution in [2.75, 3.05) is 25.3 Å². The molecule has 0 radical (unpaired) electrons. The summed E-state index contributed by atoms with van der Waals surface area (Å²) in [5.41, 5.74) is 1.26. The predicted molar refractivity (Wildman–Crippen MR) is 125 cm³/mol. The number of carbonyl (C=O) groups is 3. The van der Waals surface area contributed by atoms with Crippen molar-refractivity contribution in [3.05, 3.63) is 69.7 Å². The number of hydrogen-bond donors (Lipinski definition) is 2. The molecule has 2 N–H and O–H groups in total. The Hall–Kier alpha value is -3.48. The van der Waals surface area contributed by atoms with E-state index in [0.29, 0.717) is 22.0 Å². The molecule has 33 heavy (non-hydrogen) atoms. The minimum absolute atomic E-state index is 0.0778. The van der Waals surface area contributed by atoms with Crippen molar-refractivity contribution in [3.8, 4) is 11.8 Å². The smallest absolute Gasteiger partial charge is 0.319 e. The van der Waals surface area contributed by atoms with Crippen molar-refractivity contribution >= 4 is 46.8 Å². The molecule has 8 nitrogen and oxygen atoms in total. The molecule has 0 saturated heterocycles. The molecule has 170 valence electrons. The number of nitriles is 1. The molecule has 0 unspecified atom stereocenters. The number of esters is 1. The lowest BCUT2D eigenvalue weighted by Crippen LogP contribution is -2.44. The number of allylic oxidation sites excluding steroid dienone is 1. The van der Waals surface area contributed by atoms with Crippen molar-refractivity contribution in [1.82, 2.24) is 5.32 Å². The van der Waals surface area contributed by atoms with E-state index in [2.05, 4.69) is 16.7 Å². The van der Waals surface area contributed by atoms with Crippen molar-refractivity contribution in [2.45, 2.75) is 5.92 Å². The first-order valence-corrected chi connectivity index (χ1v) is 11.1. The third-order valence-corrected chi connectivity index (χ3v) is 6.17. The molecule has 2 aromatic carbocycles. The van der Waals surface area contributed by atoms with Crippen LogP contribution < -0.4 is 15.4 Å². The predicted octanol–water partition coefficient (Wildman–Crippen LogP) is 3.46. The summed E-state index contributed by atoms with van der Waals surface area (Å²) in [5.74, 6) is -3.33. The number of methoxy groups -OCH3 is 2. The highest BCUT2D eigenvalue weighted by atomic mass is 35.5. The van der Waals surface area contributed by atoms with Crippen LogP contribution in [0.3, 0.4) is 0 Å². The Morgan fingerprint density at radius 1 is 1.21 bits per heavy atom. The minimum Gasteiger partial charge on any atom is -0.497 e. The van der Waals surface area contributed by atoms with Crippen LogP contribution >= 0.6 is 23.4 Å². The van der Waals surface area contributed by atoms with Gasteiger partial charge in [0, 0.05) is 16.6 Å². The molecule has 1 aliphatic heterocycles. The molecule has 0 aromatic heterocycles. The zero-order valence-corrected chi connectivity index (χ0v) is 19.3. The second-order valence-corrected chi connectivity index (χ2v) is 8.36. The average Bonchev–Trinajstić information content (AvgIpc) is 2.81. The van der Waals surface area contributed by atoms with Gasteiger partial charge in [-0.3, -0.25) is 14.4 Å². The maximum absolute atomic E-state index is 12.8. The van der Waals surface area contributed by atoms with Crippen molar-refractivity contribution in [3.63, 3.8) is 0 Å². The van der Waals surface area contributed by atoms with E-state index < -0.39 is 23.7 Å². The fourth-order valence-corrected chi connectivity index (χ4v) is 4.43. The number of carbonyl (C=O) groups excluding carboxylic acids is 3. The van der Waals surface area contributed by atoms with Crippen LogP contribution in [0.4, 0.5) is 5.69 Å². The Labute approximate surface area is 199 Å². The molecule has 0 aliphatic carbocycles. The molecule has 10 heteroatoms. The Morgan fingerprint density at radius 3 is 2.55 bits per heavy atom. The van der Waals surface area contributed by atoms with Crippen LogP contribution in [-0.2, 0) is 19.1 Å². The summed E-state index contributed by atoms with van der Waals surface area (Å²) in [6, 6.07) is 15.5. The van der Waals surface area contributed by atoms with E-state index in [1.54, 1.807) is 48.5 Å². The number of thioether (sulfide) groups is 1. The highest BCUT2D eigenvalue weighted by Gasteiger charge is 2.44. The zero-order valence-electron chi connectivity index (χ0n) is 17.8. The topological polar surface area (TPSA) is 118 Å². The normalized spacial score (nSPS) is 17.6. The number of hydrogen-bond acceptors (Lipinski definition) is 7. The molecular weight excluding hydrogens is 466 g/mol. The van der Waals surface area contributed by atoms with Gasteiger partial charge < -0.3 is 20.1 Å². The summed E-state index contributed by atoms with van der Waals surface area (Å²) in [6.07, 6.45) is 0. The highest BCUT2D eigenvalue weighted by molar-refractivity contribution is 8.03. The zero-order chi connectivity index (χ0) is 24.0. The SMILES string of the molecule is COC(=O)[C@@H]1C(=O)NC(SCC(=O)Nc2cccc(Cl)c2)=C(C#N)[C@H]1c1ccc(OC)cc1. The fourth-order valence-electron chi connectivity index (χ4n) is 3.39. The van der Waals surface area contributed by atoms with Gasteiger partial charge in [-0.2, -0.15) is 5.26 Å². The summed E-state index contributed by atoms with van der Waals surface area (Å²) in [4.78, 5) is 37.7. The molecule has 0 fully saturated rings. The number of nitrogens with zero attached hydrogens (tertiary/aromatic N) is 1. The largest absolute Gasteiger partial charge is 0.497 e. The highest BCUT2D eigenvalue weighted by Crippen LogP contribution is 2.40. The fraction of sp³-hybridized carbons (Fsp3) is 0.217. The van der Waals surface area contributed by atoms with Crippen molar-refractivity contribution in [2.24, 2.45) is 5.92 Å². The first kappa shape index (κ1) is 24.2. The maximum atomic E-state index is 12.8. The van der Waals surface area contributed by atoms with E-state index in [1.807, 2.05) is 0 Å². The number of ether oxygens (including phenoxy) is 2. The number of rotatable bonds is 7. The standard InChI is InChI=1S/C23H20ClN3O5S/c1-31-16-8-6-13(7-9-16)19-17(11-25)22(27-21(29)20(19)23(30)32-2)33-12-18(28)26-15-5-3-4-14(24)10-15/h3-10,19-20H,12H2,1-2H3,(H,26,28)(H,27,29)/t19-,20+/m1/s1. The van der Waals surface area contributed by atoms with E-state index in [4.69, 9.17) is 21.1 Å². The lowest BCUT2D eigenvalue weighted by molar-refractivity contribution is -0.150. The van der Waals surface area contributed by atoms with E-state index in [0.717, 1.165) is 11.8 Å². The van der Waals surface area contributed by atoms with Crippen molar-refractivity contribution < 1.29 is 23.9 Å². The Bertz CT molecular complexity index is 1140. The van der Waals surface area contributed by atoms with Gasteiger partial charge in [-0.1, -0.05) is 41.6 Å². The van der Waals surface area contributed by atoms with Crippen LogP contribution in [-0.4, -0.2) is 37.8 Å². The van der Waals surface area contributed by atoms with Crippen LogP contribution in [0, 0.1) is 17.2 Å². The Morgan fingerprint density at radius 2 is 1.94 bits per heavy atom. The molecule has 3 rings (SSSR count). The third kappa shape index (κ3) is 5.66. The summed E-state index contributed by atoms with van der Waals surface area (Å²) in [7, 11) is 2.70. The monoisotopic (exact) mass is 485 g/mol. The molecule has 0 bridgehead atoms. The van der Waals surface area contributed by atoms with Gasteiger partial charge in [-0.15, -0.1) is 0 Å². The minimum atomic E-state index is -1.25. The first-order valence-electron chi connectivity index (χ1n) is 9.73. The van der Waals surface area contributed by atoms with E-state index in [1.165, 1.54) is 14.2 Å². The van der Waals surface area contributed by atoms with Gasteiger partial charge in [-0.25, -0.2) is 0 Å². The summed E-state index contributed by atoms with van der Waals surface area (Å²) < 4.78 is 9.98. The molecular formula is C23H20ClN3O5S. The molecule has 0 spiro atoms. The summed E-state index contributed by atoms with van der Waals surface area (Å²) in [5, 5.41) is 15.9. The Balaban J connectivity index is 1.89. The second-order valence-electron chi connectivity index (χ2n) is 6.94. The number of benzene rings is 2. The quantitative estimate of drug-likeness (QED) is 0.455. The molecule has 2 aromatic rings. The molecule has 2 amide bonds. The molecule has 2 atom stereocenters. The first-order chi connectivity index (χ1) is 15.9. The van der Waals surface area contributed by atoms with E-state index in [9.17, 15) is 19.6 Å². The lowest BCUT2D eigenvalue weighted by Gasteiger charge is -2.31. The number of nitrogens with one attached hydrogen (secondary N) is 2. The summed E-state index contributed by atoms with van der Waals surface area (Å²) >= 11 is 6.93. The maximum Gasteiger partial charge on any atom is 0.319 e. The van der Waals surface area contributed by atoms with Crippen LogP contribution in [0.5, 0.6) is 5.75 Å². The lowest BCUT2D eigenvalue weighted by atomic mass is 9.78. The number of halogens is 1. The van der Waals surface area contributed by atoms with Gasteiger partial charge in [0.2, 0.25) is 11.8 Å². The number of anilines is 1. The summed E-state index contributed by atoms with van der Waals surface area (Å²) in [6.45, 7) is 0. The molecule has 1 aliphatic rings. The van der Waals surface area contributed by atoms with Crippen LogP contribution in [0.15, 0.2) is 59.1 Å². The third-order valence-electron chi connectivity index (χ3n) is 4.91. The average molecular weight is 486 g/mol.